The van der Waals surface area contributed by atoms with E-state index in [2.05, 4.69) is 4.84 Å². The molecule has 0 rings (SSSR count). The zero-order chi connectivity index (χ0) is 14.6. The molecule has 5 nitrogen and oxygen atoms in total. The first-order valence-electron chi connectivity index (χ1n) is 5.75. The van der Waals surface area contributed by atoms with Gasteiger partial charge in [-0.25, -0.2) is 4.84 Å². The van der Waals surface area contributed by atoms with E-state index < -0.39 is 29.2 Å². The number of hydrogen-bond acceptors (Lipinski definition) is 5. The average Bonchev–Trinajstić information content (AvgIpc) is 2.07. The van der Waals surface area contributed by atoms with Gasteiger partial charge in [-0.3, -0.25) is 9.59 Å². The molecule has 0 saturated heterocycles. The molecule has 0 saturated carbocycles. The Labute approximate surface area is 113 Å². The average molecular weight is 280 g/mol. The van der Waals surface area contributed by atoms with Gasteiger partial charge in [-0.15, -0.1) is 0 Å². The Morgan fingerprint density at radius 2 is 1.50 bits per heavy atom. The van der Waals surface area contributed by atoms with Crippen molar-refractivity contribution < 1.29 is 19.1 Å². The van der Waals surface area contributed by atoms with E-state index in [4.69, 9.17) is 21.3 Å². The Bertz CT molecular complexity index is 304. The van der Waals surface area contributed by atoms with Crippen molar-refractivity contribution >= 4 is 23.7 Å². The molecule has 0 spiro atoms. The Hall–Kier alpha value is -0.810. The lowest BCUT2D eigenvalue weighted by Gasteiger charge is -2.24. The molecule has 1 atom stereocenters. The molecule has 0 aromatic rings. The number of esters is 2. The fourth-order valence-corrected chi connectivity index (χ4v) is 1.26. The fourth-order valence-electron chi connectivity index (χ4n) is 1.09. The highest BCUT2D eigenvalue weighted by molar-refractivity contribution is 6.15. The zero-order valence-corrected chi connectivity index (χ0v) is 12.6. The molecule has 106 valence electrons. The van der Waals surface area contributed by atoms with Crippen LogP contribution in [0.1, 0.15) is 48.0 Å². The quantitative estimate of drug-likeness (QED) is 0.631. The van der Waals surface area contributed by atoms with Gasteiger partial charge in [-0.05, 0) is 53.3 Å². The first-order valence-corrected chi connectivity index (χ1v) is 6.13. The van der Waals surface area contributed by atoms with E-state index in [0.29, 0.717) is 0 Å². The SMILES string of the molecule is CC(C)(C)OC(=O)C[C@H](NCl)C(=O)OC(C)(C)C. The molecule has 18 heavy (non-hydrogen) atoms. The maximum atomic E-state index is 11.7. The van der Waals surface area contributed by atoms with Crippen LogP contribution in [-0.4, -0.2) is 29.2 Å². The lowest BCUT2D eigenvalue weighted by molar-refractivity contribution is -0.164. The largest absolute Gasteiger partial charge is 0.460 e. The van der Waals surface area contributed by atoms with Crippen LogP contribution in [0.15, 0.2) is 0 Å². The number of ether oxygens (including phenoxy) is 2. The number of hydrogen-bond donors (Lipinski definition) is 1. The molecule has 0 bridgehead atoms. The summed E-state index contributed by atoms with van der Waals surface area (Å²) in [5.41, 5.74) is -1.22. The van der Waals surface area contributed by atoms with Crippen molar-refractivity contribution in [2.45, 2.75) is 65.2 Å². The van der Waals surface area contributed by atoms with Gasteiger partial charge in [0, 0.05) is 0 Å². The summed E-state index contributed by atoms with van der Waals surface area (Å²) in [5, 5.41) is 0. The maximum absolute atomic E-state index is 11.7. The van der Waals surface area contributed by atoms with Crippen molar-refractivity contribution in [3.05, 3.63) is 0 Å². The van der Waals surface area contributed by atoms with Crippen LogP contribution in [0.5, 0.6) is 0 Å². The van der Waals surface area contributed by atoms with Gasteiger partial charge in [0.25, 0.3) is 0 Å². The molecule has 6 heteroatoms. The fraction of sp³-hybridized carbons (Fsp3) is 0.833. The van der Waals surface area contributed by atoms with Crippen molar-refractivity contribution in [3.63, 3.8) is 0 Å². The summed E-state index contributed by atoms with van der Waals surface area (Å²) in [5.74, 6) is -1.09. The van der Waals surface area contributed by atoms with Gasteiger partial charge in [-0.1, -0.05) is 0 Å². The van der Waals surface area contributed by atoms with Crippen molar-refractivity contribution in [2.24, 2.45) is 0 Å². The summed E-state index contributed by atoms with van der Waals surface area (Å²) in [6, 6.07) is -0.916. The van der Waals surface area contributed by atoms with Crippen LogP contribution in [0.25, 0.3) is 0 Å². The van der Waals surface area contributed by atoms with Crippen LogP contribution >= 0.6 is 11.8 Å². The summed E-state index contributed by atoms with van der Waals surface area (Å²) < 4.78 is 10.2. The number of nitrogens with one attached hydrogen (secondary N) is 1. The number of carbonyl (C=O) groups is 2. The van der Waals surface area contributed by atoms with Crippen LogP contribution in [0.4, 0.5) is 0 Å². The monoisotopic (exact) mass is 279 g/mol. The van der Waals surface area contributed by atoms with Crippen molar-refractivity contribution in [2.75, 3.05) is 0 Å². The van der Waals surface area contributed by atoms with Crippen molar-refractivity contribution in [1.29, 1.82) is 0 Å². The van der Waals surface area contributed by atoms with Crippen LogP contribution in [-0.2, 0) is 19.1 Å². The van der Waals surface area contributed by atoms with Gasteiger partial charge in [0.05, 0.1) is 6.42 Å². The second kappa shape index (κ2) is 6.38. The number of halogens is 1. The molecule has 0 amide bonds. The molecule has 0 unspecified atom stereocenters. The van der Waals surface area contributed by atoms with Crippen molar-refractivity contribution in [3.8, 4) is 0 Å². The van der Waals surface area contributed by atoms with E-state index in [-0.39, 0.29) is 6.42 Å². The molecule has 0 aliphatic carbocycles. The number of rotatable bonds is 4. The van der Waals surface area contributed by atoms with Gasteiger partial charge in [0.15, 0.2) is 0 Å². The third-order valence-electron chi connectivity index (χ3n) is 1.61. The van der Waals surface area contributed by atoms with E-state index >= 15 is 0 Å². The molecule has 0 aliphatic heterocycles. The van der Waals surface area contributed by atoms with E-state index in [9.17, 15) is 9.59 Å². The lowest BCUT2D eigenvalue weighted by Crippen LogP contribution is -2.40. The molecule has 0 aromatic heterocycles. The second-order valence-electron chi connectivity index (χ2n) is 5.99. The minimum Gasteiger partial charge on any atom is -0.460 e. The smallest absolute Gasteiger partial charge is 0.325 e. The molecular formula is C12H22ClNO4. The Balaban J connectivity index is 4.44. The van der Waals surface area contributed by atoms with E-state index in [1.54, 1.807) is 41.5 Å². The van der Waals surface area contributed by atoms with Gasteiger partial charge in [0.1, 0.15) is 17.2 Å². The zero-order valence-electron chi connectivity index (χ0n) is 11.8. The second-order valence-corrected chi connectivity index (χ2v) is 6.20. The van der Waals surface area contributed by atoms with Crippen LogP contribution < -0.4 is 4.84 Å². The van der Waals surface area contributed by atoms with Gasteiger partial charge < -0.3 is 9.47 Å². The molecule has 0 aliphatic rings. The third-order valence-corrected chi connectivity index (χ3v) is 1.88. The molecule has 0 radical (unpaired) electrons. The van der Waals surface area contributed by atoms with Crippen molar-refractivity contribution in [1.82, 2.24) is 4.84 Å². The lowest BCUT2D eigenvalue weighted by atomic mass is 10.1. The first kappa shape index (κ1) is 17.2. The highest BCUT2D eigenvalue weighted by Crippen LogP contribution is 2.13. The third kappa shape index (κ3) is 8.31. The first-order chi connectivity index (χ1) is 7.94. The highest BCUT2D eigenvalue weighted by atomic mass is 35.5. The Kier molecular flexibility index (Phi) is 6.10. The minimum absolute atomic E-state index is 0.171. The molecule has 0 heterocycles. The summed E-state index contributed by atoms with van der Waals surface area (Å²) >= 11 is 5.45. The topological polar surface area (TPSA) is 64.6 Å². The van der Waals surface area contributed by atoms with Crippen LogP contribution in [0.2, 0.25) is 0 Å². The molecular weight excluding hydrogens is 258 g/mol. The summed E-state index contributed by atoms with van der Waals surface area (Å²) in [7, 11) is 0. The summed E-state index contributed by atoms with van der Waals surface area (Å²) in [4.78, 5) is 25.5. The Morgan fingerprint density at radius 3 is 1.83 bits per heavy atom. The minimum atomic E-state index is -0.916. The summed E-state index contributed by atoms with van der Waals surface area (Å²) in [6.07, 6.45) is -0.171. The predicted molar refractivity (Wildman–Crippen MR) is 69.1 cm³/mol. The molecule has 1 N–H and O–H groups in total. The van der Waals surface area contributed by atoms with Gasteiger partial charge in [-0.2, -0.15) is 0 Å². The standard InChI is InChI=1S/C12H22ClNO4/c1-11(2,3)17-9(15)7-8(14-13)10(16)18-12(4,5)6/h8,14H,7H2,1-6H3/t8-/m0/s1. The van der Waals surface area contributed by atoms with Gasteiger partial charge >= 0.3 is 11.9 Å². The predicted octanol–water partition coefficient (Wildman–Crippen LogP) is 2.17. The maximum Gasteiger partial charge on any atom is 0.325 e. The van der Waals surface area contributed by atoms with E-state index in [1.165, 1.54) is 0 Å². The molecule has 0 fully saturated rings. The molecule has 0 aromatic carbocycles. The van der Waals surface area contributed by atoms with Crippen LogP contribution in [0, 0.1) is 0 Å². The summed E-state index contributed by atoms with van der Waals surface area (Å²) in [6.45, 7) is 10.5. The van der Waals surface area contributed by atoms with Crippen LogP contribution in [0.3, 0.4) is 0 Å². The van der Waals surface area contributed by atoms with E-state index in [0.717, 1.165) is 0 Å². The van der Waals surface area contributed by atoms with E-state index in [1.807, 2.05) is 0 Å². The normalized spacial score (nSPS) is 13.9. The number of carbonyl (C=O) groups excluding carboxylic acids is 2. The highest BCUT2D eigenvalue weighted by Gasteiger charge is 2.28. The Morgan fingerprint density at radius 1 is 1.06 bits per heavy atom. The van der Waals surface area contributed by atoms with Gasteiger partial charge in [0.2, 0.25) is 0 Å².